The monoisotopic (exact) mass is 187 g/mol. The van der Waals surface area contributed by atoms with Gasteiger partial charge in [0.15, 0.2) is 0 Å². The molecule has 0 aliphatic heterocycles. The minimum absolute atomic E-state index is 0.107. The van der Waals surface area contributed by atoms with Crippen LogP contribution < -0.4 is 0 Å². The number of carbonyl (C=O) groups is 1. The third kappa shape index (κ3) is 1.68. The molecule has 0 N–H and O–H groups in total. The van der Waals surface area contributed by atoms with Gasteiger partial charge in [-0.05, 0) is 11.4 Å². The second-order valence-corrected chi connectivity index (χ2v) is 3.62. The molecule has 1 aromatic carbocycles. The van der Waals surface area contributed by atoms with Gasteiger partial charge >= 0.3 is 0 Å². The molecule has 13 heavy (non-hydrogen) atoms. The molecule has 2 heteroatoms. The number of ketones is 1. The van der Waals surface area contributed by atoms with Gasteiger partial charge in [0, 0.05) is 5.56 Å². The zero-order valence-electron chi connectivity index (χ0n) is 6.94. The quantitative estimate of drug-likeness (QED) is 0.660. The normalized spacial score (nSPS) is 9.85. The molecule has 1 heterocycles. The highest BCUT2D eigenvalue weighted by atomic mass is 32.1. The molecule has 0 spiro atoms. The molecular weight excluding hydrogens is 179 g/mol. The predicted molar refractivity (Wildman–Crippen MR) is 54.2 cm³/mol. The Morgan fingerprint density at radius 1 is 1.00 bits per heavy atom. The van der Waals surface area contributed by atoms with Crippen molar-refractivity contribution in [2.24, 2.45) is 0 Å². The Morgan fingerprint density at radius 2 is 1.77 bits per heavy atom. The van der Waals surface area contributed by atoms with E-state index in [1.807, 2.05) is 47.8 Å². The summed E-state index contributed by atoms with van der Waals surface area (Å²) in [6.07, 6.45) is 0. The van der Waals surface area contributed by atoms with Crippen molar-refractivity contribution in [3.63, 3.8) is 0 Å². The highest BCUT2D eigenvalue weighted by molar-refractivity contribution is 7.12. The zero-order chi connectivity index (χ0) is 9.10. The average Bonchev–Trinajstić information content (AvgIpc) is 2.71. The van der Waals surface area contributed by atoms with Crippen LogP contribution in [-0.2, 0) is 0 Å². The summed E-state index contributed by atoms with van der Waals surface area (Å²) in [6.45, 7) is 0. The van der Waals surface area contributed by atoms with Crippen LogP contribution in [0.25, 0.3) is 0 Å². The van der Waals surface area contributed by atoms with E-state index in [1.165, 1.54) is 11.3 Å². The van der Waals surface area contributed by atoms with Crippen molar-refractivity contribution in [1.82, 2.24) is 0 Å². The van der Waals surface area contributed by atoms with Crippen LogP contribution in [0.3, 0.4) is 0 Å². The van der Waals surface area contributed by atoms with E-state index in [2.05, 4.69) is 0 Å². The van der Waals surface area contributed by atoms with Gasteiger partial charge in [0.25, 0.3) is 0 Å². The lowest BCUT2D eigenvalue weighted by Crippen LogP contribution is -1.96. The molecule has 0 saturated carbocycles. The topological polar surface area (TPSA) is 17.1 Å². The highest BCUT2D eigenvalue weighted by Gasteiger charge is 2.07. The predicted octanol–water partition coefficient (Wildman–Crippen LogP) is 2.98. The number of hydrogen-bond acceptors (Lipinski definition) is 2. The maximum atomic E-state index is 11.7. The Bertz CT molecular complexity index is 389. The third-order valence-electron chi connectivity index (χ3n) is 1.78. The second kappa shape index (κ2) is 3.54. The van der Waals surface area contributed by atoms with Crippen LogP contribution in [0.15, 0.2) is 47.8 Å². The van der Waals surface area contributed by atoms with Gasteiger partial charge in [-0.3, -0.25) is 4.79 Å². The minimum atomic E-state index is 0.107. The van der Waals surface area contributed by atoms with Gasteiger partial charge in [0.1, 0.15) is 0 Å². The van der Waals surface area contributed by atoms with E-state index >= 15 is 0 Å². The number of carbonyl (C=O) groups excluding carboxylic acids is 1. The van der Waals surface area contributed by atoms with Gasteiger partial charge in [-0.2, -0.15) is 0 Å². The zero-order valence-corrected chi connectivity index (χ0v) is 7.75. The fraction of sp³-hybridized carbons (Fsp3) is 0. The summed E-state index contributed by atoms with van der Waals surface area (Å²) in [6, 6.07) is 13.1. The Kier molecular flexibility index (Phi) is 2.23. The number of hydrogen-bond donors (Lipinski definition) is 0. The SMILES string of the molecule is O=[11C](c1ccccc1)c1cccs1. The second-order valence-electron chi connectivity index (χ2n) is 2.67. The lowest BCUT2D eigenvalue weighted by atomic mass is 9.75. The molecule has 64 valence electrons. The van der Waals surface area contributed by atoms with Crippen LogP contribution in [0.5, 0.6) is 0 Å². The molecule has 0 aliphatic rings. The van der Waals surface area contributed by atoms with Gasteiger partial charge in [0.2, 0.25) is 5.78 Å². The van der Waals surface area contributed by atoms with Crippen molar-refractivity contribution in [3.05, 3.63) is 58.3 Å². The molecule has 2 rings (SSSR count). The van der Waals surface area contributed by atoms with Gasteiger partial charge in [-0.15, -0.1) is 11.3 Å². The molecule has 0 aliphatic carbocycles. The van der Waals surface area contributed by atoms with Crippen LogP contribution in [-0.4, -0.2) is 5.78 Å². The molecule has 2 aromatic rings. The van der Waals surface area contributed by atoms with Gasteiger partial charge in [-0.25, -0.2) is 0 Å². The molecule has 1 aromatic heterocycles. The largest absolute Gasteiger partial charge is 0.288 e. The number of rotatable bonds is 2. The van der Waals surface area contributed by atoms with Gasteiger partial charge in [0.05, 0.1) is 4.88 Å². The lowest BCUT2D eigenvalue weighted by molar-refractivity contribution is 0.104. The van der Waals surface area contributed by atoms with Crippen molar-refractivity contribution >= 4 is 17.1 Å². The first-order valence-corrected chi connectivity index (χ1v) is 4.89. The summed E-state index contributed by atoms with van der Waals surface area (Å²) in [5.74, 6) is 0.107. The van der Waals surface area contributed by atoms with E-state index in [1.54, 1.807) is 0 Å². The van der Waals surface area contributed by atoms with E-state index in [9.17, 15) is 4.79 Å². The fourth-order valence-corrected chi connectivity index (χ4v) is 1.83. The minimum Gasteiger partial charge on any atom is -0.288 e. The maximum absolute atomic E-state index is 11.7. The van der Waals surface area contributed by atoms with Crippen LogP contribution in [0, 0.1) is 0 Å². The molecule has 0 amide bonds. The number of benzene rings is 1. The van der Waals surface area contributed by atoms with Crippen molar-refractivity contribution in [1.29, 1.82) is 0 Å². The van der Waals surface area contributed by atoms with E-state index in [-0.39, 0.29) is 5.78 Å². The Labute approximate surface area is 80.7 Å². The first-order valence-electron chi connectivity index (χ1n) is 4.01. The van der Waals surface area contributed by atoms with Crippen LogP contribution >= 0.6 is 11.3 Å². The molecule has 1 nitrogen and oxygen atoms in total. The maximum Gasteiger partial charge on any atom is 0.202 e. The Balaban J connectivity index is 2.34. The standard InChI is InChI=1S/C11H8OS/c12-11(10-7-4-8-13-10)9-5-2-1-3-6-9/h1-8H/i11-1. The van der Waals surface area contributed by atoms with E-state index in [0.717, 1.165) is 10.4 Å². The van der Waals surface area contributed by atoms with Crippen molar-refractivity contribution in [3.8, 4) is 0 Å². The molecule has 0 unspecified atom stereocenters. The van der Waals surface area contributed by atoms with E-state index in [4.69, 9.17) is 0 Å². The molecular formula is C11H8OS. The molecule has 0 atom stereocenters. The summed E-state index contributed by atoms with van der Waals surface area (Å²) >= 11 is 1.48. The first-order chi connectivity index (χ1) is 6.38. The summed E-state index contributed by atoms with van der Waals surface area (Å²) in [4.78, 5) is 12.5. The number of thiophene rings is 1. The van der Waals surface area contributed by atoms with Crippen LogP contribution in [0.1, 0.15) is 15.2 Å². The average molecular weight is 187 g/mol. The van der Waals surface area contributed by atoms with Crippen molar-refractivity contribution in [2.75, 3.05) is 0 Å². The molecule has 0 radical (unpaired) electrons. The Hall–Kier alpha value is -1.41. The third-order valence-corrected chi connectivity index (χ3v) is 2.65. The van der Waals surface area contributed by atoms with Crippen LogP contribution in [0.4, 0.5) is 0 Å². The summed E-state index contributed by atoms with van der Waals surface area (Å²) < 4.78 is 0. The first kappa shape index (κ1) is 8.20. The summed E-state index contributed by atoms with van der Waals surface area (Å²) in [7, 11) is 0. The van der Waals surface area contributed by atoms with Gasteiger partial charge in [-0.1, -0.05) is 36.4 Å². The van der Waals surface area contributed by atoms with Gasteiger partial charge < -0.3 is 0 Å². The molecule has 0 fully saturated rings. The fourth-order valence-electron chi connectivity index (χ4n) is 1.14. The Morgan fingerprint density at radius 3 is 2.38 bits per heavy atom. The van der Waals surface area contributed by atoms with E-state index in [0.29, 0.717) is 0 Å². The highest BCUT2D eigenvalue weighted by Crippen LogP contribution is 2.14. The van der Waals surface area contributed by atoms with Crippen LogP contribution in [0.2, 0.25) is 0 Å². The smallest absolute Gasteiger partial charge is 0.202 e. The van der Waals surface area contributed by atoms with E-state index < -0.39 is 0 Å². The molecule has 0 saturated heterocycles. The lowest BCUT2D eigenvalue weighted by Gasteiger charge is -1.95. The van der Waals surface area contributed by atoms with Crippen molar-refractivity contribution < 1.29 is 4.79 Å². The summed E-state index contributed by atoms with van der Waals surface area (Å²) in [5, 5.41) is 1.91. The molecule has 0 bridgehead atoms. The summed E-state index contributed by atoms with van der Waals surface area (Å²) in [5.41, 5.74) is 0.755. The van der Waals surface area contributed by atoms with Crippen molar-refractivity contribution in [2.45, 2.75) is 0 Å².